The molecule has 3 aromatic carbocycles. The molecular weight excluding hydrogens is 432 g/mol. The molecule has 35 heavy (non-hydrogen) atoms. The van der Waals surface area contributed by atoms with Crippen molar-refractivity contribution in [2.24, 2.45) is 0 Å². The summed E-state index contributed by atoms with van der Waals surface area (Å²) in [5, 5.41) is 0. The number of aryl methyl sites for hydroxylation is 1. The Labute approximate surface area is 207 Å². The Balaban J connectivity index is 1.20. The zero-order valence-electron chi connectivity index (χ0n) is 20.1. The maximum atomic E-state index is 12.7. The fraction of sp³-hybridized carbons (Fsp3) is 0.267. The summed E-state index contributed by atoms with van der Waals surface area (Å²) in [6.07, 6.45) is 4.93. The van der Waals surface area contributed by atoms with Gasteiger partial charge in [-0.1, -0.05) is 84.9 Å². The molecule has 2 heterocycles. The largest absolute Gasteiger partial charge is 0.326 e. The van der Waals surface area contributed by atoms with Gasteiger partial charge in [0.1, 0.15) is 5.82 Å². The molecule has 178 valence electrons. The lowest BCUT2D eigenvalue weighted by atomic mass is 10.1. The number of piperazine rings is 1. The van der Waals surface area contributed by atoms with Crippen LogP contribution in [0.15, 0.2) is 91.0 Å². The Morgan fingerprint density at radius 2 is 1.46 bits per heavy atom. The Morgan fingerprint density at radius 1 is 0.800 bits per heavy atom. The first kappa shape index (κ1) is 23.2. The summed E-state index contributed by atoms with van der Waals surface area (Å²) in [5.41, 5.74) is 4.12. The Hall–Kier alpha value is -3.54. The van der Waals surface area contributed by atoms with Crippen molar-refractivity contribution in [2.45, 2.75) is 19.5 Å². The molecule has 1 aliphatic heterocycles. The van der Waals surface area contributed by atoms with Crippen molar-refractivity contribution in [3.05, 3.63) is 108 Å². The van der Waals surface area contributed by atoms with E-state index in [2.05, 4.69) is 62.9 Å². The fourth-order valence-electron chi connectivity index (χ4n) is 4.71. The average molecular weight is 465 g/mol. The highest BCUT2D eigenvalue weighted by atomic mass is 16.1. The Morgan fingerprint density at radius 3 is 2.23 bits per heavy atom. The van der Waals surface area contributed by atoms with Crippen LogP contribution in [0.25, 0.3) is 17.1 Å². The summed E-state index contributed by atoms with van der Waals surface area (Å²) >= 11 is 0. The Bertz CT molecular complexity index is 1270. The van der Waals surface area contributed by atoms with Crippen LogP contribution in [0, 0.1) is 0 Å². The van der Waals surface area contributed by atoms with Gasteiger partial charge in [-0.15, -0.1) is 0 Å². The van der Waals surface area contributed by atoms with Crippen molar-refractivity contribution in [1.29, 1.82) is 0 Å². The van der Waals surface area contributed by atoms with Crippen LogP contribution in [-0.4, -0.2) is 57.9 Å². The molecule has 4 aromatic rings. The van der Waals surface area contributed by atoms with Crippen LogP contribution in [0.5, 0.6) is 0 Å². The van der Waals surface area contributed by atoms with Gasteiger partial charge in [0.2, 0.25) is 0 Å². The van der Waals surface area contributed by atoms with Gasteiger partial charge in [-0.25, -0.2) is 4.98 Å². The van der Waals surface area contributed by atoms with Crippen LogP contribution in [0.4, 0.5) is 0 Å². The molecule has 1 saturated heterocycles. The standard InChI is InChI=1S/C30H32N4O/c35-29(26-13-5-2-6-14-26)17-19-34-28-16-8-7-15-27(28)31-30(34)24-33-22-20-32(21-23-33)18-9-12-25-10-3-1-4-11-25/h1-16H,17-24H2. The SMILES string of the molecule is O=C(CCn1c(CN2CCN(CC=Cc3ccccc3)CC2)nc2ccccc21)c1ccccc1. The second-order valence-corrected chi connectivity index (χ2v) is 9.10. The number of aromatic nitrogens is 2. The van der Waals surface area contributed by atoms with Gasteiger partial charge in [0.05, 0.1) is 17.6 Å². The predicted octanol–water partition coefficient (Wildman–Crippen LogP) is 5.14. The molecule has 0 spiro atoms. The monoisotopic (exact) mass is 464 g/mol. The summed E-state index contributed by atoms with van der Waals surface area (Å²) in [6, 6.07) is 28.3. The van der Waals surface area contributed by atoms with Crippen molar-refractivity contribution in [3.63, 3.8) is 0 Å². The molecule has 0 radical (unpaired) electrons. The number of benzene rings is 3. The van der Waals surface area contributed by atoms with Gasteiger partial charge in [0, 0.05) is 51.3 Å². The maximum Gasteiger partial charge on any atom is 0.164 e. The van der Waals surface area contributed by atoms with Gasteiger partial charge >= 0.3 is 0 Å². The molecule has 1 aliphatic rings. The summed E-state index contributed by atoms with van der Waals surface area (Å²) < 4.78 is 2.24. The van der Waals surface area contributed by atoms with E-state index in [4.69, 9.17) is 4.98 Å². The van der Waals surface area contributed by atoms with Crippen LogP contribution in [0.2, 0.25) is 0 Å². The van der Waals surface area contributed by atoms with E-state index in [-0.39, 0.29) is 5.78 Å². The van der Waals surface area contributed by atoms with Gasteiger partial charge in [0.25, 0.3) is 0 Å². The second kappa shape index (κ2) is 11.3. The lowest BCUT2D eigenvalue weighted by Gasteiger charge is -2.34. The quantitative estimate of drug-likeness (QED) is 0.322. The molecule has 5 rings (SSSR count). The van der Waals surface area contributed by atoms with Crippen LogP contribution < -0.4 is 0 Å². The number of para-hydroxylation sites is 2. The average Bonchev–Trinajstić information content (AvgIpc) is 3.26. The summed E-state index contributed by atoms with van der Waals surface area (Å²) in [6.45, 7) is 6.56. The number of nitrogens with zero attached hydrogens (tertiary/aromatic N) is 4. The van der Waals surface area contributed by atoms with Crippen molar-refractivity contribution in [1.82, 2.24) is 19.4 Å². The minimum absolute atomic E-state index is 0.173. The van der Waals surface area contributed by atoms with Gasteiger partial charge in [-0.05, 0) is 17.7 Å². The molecule has 0 amide bonds. The first-order chi connectivity index (χ1) is 17.3. The second-order valence-electron chi connectivity index (χ2n) is 9.10. The van der Waals surface area contributed by atoms with Crippen molar-refractivity contribution in [3.8, 4) is 0 Å². The third-order valence-electron chi connectivity index (χ3n) is 6.70. The number of hydrogen-bond donors (Lipinski definition) is 0. The molecule has 5 heteroatoms. The van der Waals surface area contributed by atoms with Crippen molar-refractivity contribution >= 4 is 22.9 Å². The van der Waals surface area contributed by atoms with Crippen LogP contribution in [-0.2, 0) is 13.1 Å². The van der Waals surface area contributed by atoms with Crippen molar-refractivity contribution < 1.29 is 4.79 Å². The van der Waals surface area contributed by atoms with E-state index in [0.717, 1.165) is 61.7 Å². The molecular formula is C30H32N4O. The third-order valence-corrected chi connectivity index (χ3v) is 6.70. The van der Waals surface area contributed by atoms with E-state index in [1.165, 1.54) is 5.56 Å². The zero-order valence-corrected chi connectivity index (χ0v) is 20.1. The minimum Gasteiger partial charge on any atom is -0.326 e. The number of carbonyl (C=O) groups excluding carboxylic acids is 1. The topological polar surface area (TPSA) is 41.4 Å². The number of hydrogen-bond acceptors (Lipinski definition) is 4. The smallest absolute Gasteiger partial charge is 0.164 e. The summed E-state index contributed by atoms with van der Waals surface area (Å²) in [4.78, 5) is 22.7. The van der Waals surface area contributed by atoms with Gasteiger partial charge in [-0.3, -0.25) is 14.6 Å². The minimum atomic E-state index is 0.173. The predicted molar refractivity (Wildman–Crippen MR) is 142 cm³/mol. The normalized spacial score (nSPS) is 15.2. The molecule has 0 unspecified atom stereocenters. The van der Waals surface area contributed by atoms with E-state index in [0.29, 0.717) is 13.0 Å². The molecule has 1 aromatic heterocycles. The zero-order chi connectivity index (χ0) is 23.9. The number of fused-ring (bicyclic) bond motifs is 1. The maximum absolute atomic E-state index is 12.7. The molecule has 0 N–H and O–H groups in total. The number of Topliss-reactive ketones (excluding diaryl/α,β-unsaturated/α-hetero) is 1. The third kappa shape index (κ3) is 5.94. The van der Waals surface area contributed by atoms with Crippen LogP contribution >= 0.6 is 0 Å². The van der Waals surface area contributed by atoms with Crippen LogP contribution in [0.3, 0.4) is 0 Å². The van der Waals surface area contributed by atoms with E-state index >= 15 is 0 Å². The highest BCUT2D eigenvalue weighted by Crippen LogP contribution is 2.19. The number of carbonyl (C=O) groups is 1. The highest BCUT2D eigenvalue weighted by molar-refractivity contribution is 5.96. The fourth-order valence-corrected chi connectivity index (χ4v) is 4.71. The Kier molecular flexibility index (Phi) is 7.47. The lowest BCUT2D eigenvalue weighted by Crippen LogP contribution is -2.46. The van der Waals surface area contributed by atoms with E-state index < -0.39 is 0 Å². The molecule has 5 nitrogen and oxygen atoms in total. The van der Waals surface area contributed by atoms with E-state index in [1.807, 2.05) is 48.5 Å². The van der Waals surface area contributed by atoms with Crippen molar-refractivity contribution in [2.75, 3.05) is 32.7 Å². The molecule has 0 saturated carbocycles. The van der Waals surface area contributed by atoms with Gasteiger partial charge in [-0.2, -0.15) is 0 Å². The molecule has 1 fully saturated rings. The summed E-state index contributed by atoms with van der Waals surface area (Å²) in [5.74, 6) is 1.22. The number of rotatable bonds is 9. The van der Waals surface area contributed by atoms with Crippen LogP contribution in [0.1, 0.15) is 28.2 Å². The number of imidazole rings is 1. The first-order valence-corrected chi connectivity index (χ1v) is 12.4. The summed E-state index contributed by atoms with van der Waals surface area (Å²) in [7, 11) is 0. The van der Waals surface area contributed by atoms with E-state index in [1.54, 1.807) is 0 Å². The number of ketones is 1. The first-order valence-electron chi connectivity index (χ1n) is 12.4. The molecule has 0 bridgehead atoms. The molecule has 0 atom stereocenters. The van der Waals surface area contributed by atoms with E-state index in [9.17, 15) is 4.79 Å². The molecule has 0 aliphatic carbocycles. The van der Waals surface area contributed by atoms with Gasteiger partial charge < -0.3 is 4.57 Å². The van der Waals surface area contributed by atoms with Gasteiger partial charge in [0.15, 0.2) is 5.78 Å². The highest BCUT2D eigenvalue weighted by Gasteiger charge is 2.20. The lowest BCUT2D eigenvalue weighted by molar-refractivity contribution is 0.0976.